The largest absolute Gasteiger partial charge is 0.481 e. The van der Waals surface area contributed by atoms with Gasteiger partial charge in [-0.15, -0.1) is 6.42 Å². The molecule has 0 saturated heterocycles. The number of carboxylic acids is 1. The van der Waals surface area contributed by atoms with Crippen molar-refractivity contribution in [3.8, 4) is 12.3 Å². The number of carbonyl (C=O) groups is 2. The Hall–Kier alpha value is -1.70. The van der Waals surface area contributed by atoms with Crippen LogP contribution in [0.5, 0.6) is 0 Å². The van der Waals surface area contributed by atoms with Crippen molar-refractivity contribution in [2.75, 3.05) is 19.6 Å². The lowest BCUT2D eigenvalue weighted by Crippen LogP contribution is -2.43. The van der Waals surface area contributed by atoms with Crippen LogP contribution in [0.3, 0.4) is 0 Å². The highest BCUT2D eigenvalue weighted by Crippen LogP contribution is 2.30. The Labute approximate surface area is 126 Å². The van der Waals surface area contributed by atoms with Crippen molar-refractivity contribution in [3.63, 3.8) is 0 Å². The van der Waals surface area contributed by atoms with Gasteiger partial charge in [-0.2, -0.15) is 0 Å². The molecule has 0 spiro atoms. The molecule has 21 heavy (non-hydrogen) atoms. The number of rotatable bonds is 6. The van der Waals surface area contributed by atoms with Crippen molar-refractivity contribution in [1.29, 1.82) is 0 Å². The lowest BCUT2D eigenvalue weighted by molar-refractivity contribution is -0.143. The van der Waals surface area contributed by atoms with E-state index in [-0.39, 0.29) is 11.9 Å². The second-order valence-corrected chi connectivity index (χ2v) is 6.27. The van der Waals surface area contributed by atoms with Crippen LogP contribution in [0.1, 0.15) is 38.5 Å². The van der Waals surface area contributed by atoms with Gasteiger partial charge < -0.3 is 15.3 Å². The van der Waals surface area contributed by atoms with E-state index in [0.717, 1.165) is 19.4 Å². The number of hydrogen-bond donors (Lipinski definition) is 2. The van der Waals surface area contributed by atoms with Crippen LogP contribution in [0.4, 0.5) is 4.79 Å². The van der Waals surface area contributed by atoms with Crippen molar-refractivity contribution >= 4 is 12.0 Å². The Morgan fingerprint density at radius 2 is 1.76 bits per heavy atom. The van der Waals surface area contributed by atoms with E-state index in [1.165, 1.54) is 12.8 Å². The third kappa shape index (κ3) is 4.96. The molecule has 0 radical (unpaired) electrons. The van der Waals surface area contributed by atoms with Crippen molar-refractivity contribution in [2.24, 2.45) is 17.8 Å². The Morgan fingerprint density at radius 1 is 1.14 bits per heavy atom. The topological polar surface area (TPSA) is 69.6 Å². The zero-order chi connectivity index (χ0) is 15.2. The predicted octanol–water partition coefficient (Wildman–Crippen LogP) is 1.93. The van der Waals surface area contributed by atoms with Gasteiger partial charge in [-0.3, -0.25) is 4.79 Å². The highest BCUT2D eigenvalue weighted by molar-refractivity contribution is 5.74. The Kier molecular flexibility index (Phi) is 5.49. The first-order chi connectivity index (χ1) is 10.1. The van der Waals surface area contributed by atoms with Crippen LogP contribution in [0.15, 0.2) is 0 Å². The van der Waals surface area contributed by atoms with Gasteiger partial charge in [0.15, 0.2) is 0 Å². The minimum atomic E-state index is -0.692. The molecule has 2 aliphatic rings. The van der Waals surface area contributed by atoms with Crippen molar-refractivity contribution in [2.45, 2.75) is 38.5 Å². The molecule has 2 saturated carbocycles. The average Bonchev–Trinajstić information content (AvgIpc) is 3.28. The molecule has 2 amide bonds. The van der Waals surface area contributed by atoms with Gasteiger partial charge in [-0.1, -0.05) is 5.92 Å². The summed E-state index contributed by atoms with van der Waals surface area (Å²) in [5.41, 5.74) is 0. The number of hydrogen-bond acceptors (Lipinski definition) is 2. The quantitative estimate of drug-likeness (QED) is 0.735. The van der Waals surface area contributed by atoms with Crippen molar-refractivity contribution in [1.82, 2.24) is 10.2 Å². The molecule has 2 fully saturated rings. The number of nitrogens with zero attached hydrogens (tertiary/aromatic N) is 1. The zero-order valence-electron chi connectivity index (χ0n) is 12.4. The van der Waals surface area contributed by atoms with E-state index >= 15 is 0 Å². The van der Waals surface area contributed by atoms with Crippen LogP contribution < -0.4 is 5.32 Å². The normalized spacial score (nSPS) is 24.9. The van der Waals surface area contributed by atoms with Crippen LogP contribution in [0.25, 0.3) is 0 Å². The second kappa shape index (κ2) is 7.35. The number of carbonyl (C=O) groups excluding carboxylic acids is 1. The van der Waals surface area contributed by atoms with Crippen LogP contribution in [0.2, 0.25) is 0 Å². The fourth-order valence-corrected chi connectivity index (χ4v) is 2.90. The number of carboxylic acid groups (broad SMARTS) is 1. The van der Waals surface area contributed by atoms with Gasteiger partial charge in [0.05, 0.1) is 12.5 Å². The number of amides is 2. The van der Waals surface area contributed by atoms with Crippen molar-refractivity contribution in [3.05, 3.63) is 0 Å². The molecule has 0 aliphatic heterocycles. The molecule has 0 aromatic heterocycles. The molecular weight excluding hydrogens is 268 g/mol. The fourth-order valence-electron chi connectivity index (χ4n) is 2.90. The highest BCUT2D eigenvalue weighted by Gasteiger charge is 2.28. The van der Waals surface area contributed by atoms with Gasteiger partial charge in [0.25, 0.3) is 0 Å². The molecular formula is C16H24N2O3. The average molecular weight is 292 g/mol. The van der Waals surface area contributed by atoms with Gasteiger partial charge in [-0.25, -0.2) is 4.79 Å². The van der Waals surface area contributed by atoms with E-state index in [2.05, 4.69) is 11.2 Å². The first-order valence-electron chi connectivity index (χ1n) is 7.79. The maximum Gasteiger partial charge on any atom is 0.318 e. The molecule has 0 aromatic rings. The molecule has 5 heteroatoms. The molecule has 0 heterocycles. The van der Waals surface area contributed by atoms with Gasteiger partial charge in [0.1, 0.15) is 0 Å². The third-order valence-electron chi connectivity index (χ3n) is 4.48. The third-order valence-corrected chi connectivity index (χ3v) is 4.48. The zero-order valence-corrected chi connectivity index (χ0v) is 12.4. The Balaban J connectivity index is 1.70. The Bertz CT molecular complexity index is 418. The summed E-state index contributed by atoms with van der Waals surface area (Å²) in [4.78, 5) is 24.7. The van der Waals surface area contributed by atoms with E-state index in [1.54, 1.807) is 4.90 Å². The minimum absolute atomic E-state index is 0.0831. The number of aliphatic carboxylic acids is 1. The molecule has 2 rings (SSSR count). The molecule has 0 atom stereocenters. The molecule has 0 unspecified atom stereocenters. The summed E-state index contributed by atoms with van der Waals surface area (Å²) < 4.78 is 0. The standard InChI is InChI=1S/C16H24N2O3/c1-2-9-18(11-13-3-4-13)16(21)17-10-12-5-7-14(8-6-12)15(19)20/h1,12-14H,3-11H2,(H,17,21)(H,19,20). The number of terminal acetylenes is 1. The fraction of sp³-hybridized carbons (Fsp3) is 0.750. The summed E-state index contributed by atoms with van der Waals surface area (Å²) >= 11 is 0. The molecule has 2 N–H and O–H groups in total. The maximum atomic E-state index is 12.1. The lowest BCUT2D eigenvalue weighted by Gasteiger charge is -2.27. The summed E-state index contributed by atoms with van der Waals surface area (Å²) in [6, 6.07) is -0.0831. The van der Waals surface area contributed by atoms with Gasteiger partial charge in [-0.05, 0) is 50.4 Å². The monoisotopic (exact) mass is 292 g/mol. The molecule has 2 aliphatic carbocycles. The lowest BCUT2D eigenvalue weighted by atomic mass is 9.82. The van der Waals surface area contributed by atoms with Gasteiger partial charge in [0, 0.05) is 13.1 Å². The summed E-state index contributed by atoms with van der Waals surface area (Å²) in [5.74, 6) is 2.65. The molecule has 5 nitrogen and oxygen atoms in total. The smallest absolute Gasteiger partial charge is 0.318 e. The maximum absolute atomic E-state index is 12.1. The molecule has 0 aromatic carbocycles. The first kappa shape index (κ1) is 15.7. The summed E-state index contributed by atoms with van der Waals surface area (Å²) in [5, 5.41) is 11.9. The first-order valence-corrected chi connectivity index (χ1v) is 7.79. The van der Waals surface area contributed by atoms with Crippen LogP contribution >= 0.6 is 0 Å². The van der Waals surface area contributed by atoms with E-state index < -0.39 is 5.97 Å². The van der Waals surface area contributed by atoms with Gasteiger partial charge >= 0.3 is 12.0 Å². The van der Waals surface area contributed by atoms with Crippen LogP contribution in [0, 0.1) is 30.1 Å². The van der Waals surface area contributed by atoms with E-state index in [1.807, 2.05) is 0 Å². The Morgan fingerprint density at radius 3 is 2.29 bits per heavy atom. The molecule has 0 bridgehead atoms. The SMILES string of the molecule is C#CCN(CC1CC1)C(=O)NCC1CCC(C(=O)O)CC1. The van der Waals surface area contributed by atoms with Crippen molar-refractivity contribution < 1.29 is 14.7 Å². The van der Waals surface area contributed by atoms with Crippen LogP contribution in [-0.4, -0.2) is 41.6 Å². The van der Waals surface area contributed by atoms with E-state index in [4.69, 9.17) is 11.5 Å². The minimum Gasteiger partial charge on any atom is -0.481 e. The van der Waals surface area contributed by atoms with Gasteiger partial charge in [0.2, 0.25) is 0 Å². The summed E-state index contributed by atoms with van der Waals surface area (Å²) in [6.45, 7) is 1.73. The van der Waals surface area contributed by atoms with E-state index in [0.29, 0.717) is 37.8 Å². The van der Waals surface area contributed by atoms with E-state index in [9.17, 15) is 9.59 Å². The second-order valence-electron chi connectivity index (χ2n) is 6.27. The predicted molar refractivity (Wildman–Crippen MR) is 79.6 cm³/mol. The molecule has 116 valence electrons. The number of urea groups is 1. The van der Waals surface area contributed by atoms with Crippen LogP contribution in [-0.2, 0) is 4.79 Å². The summed E-state index contributed by atoms with van der Waals surface area (Å²) in [6.07, 6.45) is 10.9. The summed E-state index contributed by atoms with van der Waals surface area (Å²) in [7, 11) is 0. The highest BCUT2D eigenvalue weighted by atomic mass is 16.4. The number of nitrogens with one attached hydrogen (secondary N) is 1.